The molecule has 0 radical (unpaired) electrons. The van der Waals surface area contributed by atoms with Crippen molar-refractivity contribution in [2.75, 3.05) is 13.7 Å². The van der Waals surface area contributed by atoms with Gasteiger partial charge in [-0.3, -0.25) is 4.99 Å². The van der Waals surface area contributed by atoms with Crippen LogP contribution in [-0.2, 0) is 11.3 Å². The van der Waals surface area contributed by atoms with Crippen molar-refractivity contribution in [3.8, 4) is 0 Å². The van der Waals surface area contributed by atoms with Crippen LogP contribution < -0.4 is 10.6 Å². The molecule has 0 aromatic carbocycles. The third kappa shape index (κ3) is 2.86. The van der Waals surface area contributed by atoms with Gasteiger partial charge in [-0.15, -0.1) is 11.3 Å². The fraction of sp³-hybridized carbons (Fsp3) is 0.750. The van der Waals surface area contributed by atoms with Crippen LogP contribution in [0.5, 0.6) is 0 Å². The number of nitrogens with one attached hydrogen (secondary N) is 2. The van der Waals surface area contributed by atoms with Gasteiger partial charge in [0.2, 0.25) is 0 Å². The lowest BCUT2D eigenvalue weighted by Gasteiger charge is -2.60. The standard InChI is InChI=1S/C16H26N4OS/c1-10-9-22-12(19-10)8-18-15(17-4)20-13-11-6-5-7-21-14(11)16(13,2)3/h9,11,13-14H,5-8H2,1-4H3,(H2,17,18,20). The second kappa shape index (κ2) is 6.16. The average Bonchev–Trinajstić information content (AvgIpc) is 2.93. The second-order valence-electron chi connectivity index (χ2n) is 6.85. The molecule has 1 aromatic rings. The molecule has 122 valence electrons. The molecule has 6 heteroatoms. The summed E-state index contributed by atoms with van der Waals surface area (Å²) < 4.78 is 5.96. The fourth-order valence-electron chi connectivity index (χ4n) is 3.80. The van der Waals surface area contributed by atoms with Gasteiger partial charge in [0.05, 0.1) is 12.6 Å². The first-order valence-electron chi connectivity index (χ1n) is 8.02. The Kier molecular flexibility index (Phi) is 4.41. The maximum absolute atomic E-state index is 5.96. The van der Waals surface area contributed by atoms with E-state index in [-0.39, 0.29) is 5.41 Å². The quantitative estimate of drug-likeness (QED) is 0.662. The Morgan fingerprint density at radius 3 is 3.05 bits per heavy atom. The van der Waals surface area contributed by atoms with Crippen molar-refractivity contribution in [2.24, 2.45) is 16.3 Å². The molecule has 3 rings (SSSR count). The minimum Gasteiger partial charge on any atom is -0.377 e. The number of guanidine groups is 1. The zero-order valence-corrected chi connectivity index (χ0v) is 14.7. The topological polar surface area (TPSA) is 58.5 Å². The highest BCUT2D eigenvalue weighted by Gasteiger charge is 2.58. The molecule has 1 saturated carbocycles. The molecule has 2 heterocycles. The van der Waals surface area contributed by atoms with Crippen molar-refractivity contribution in [1.29, 1.82) is 0 Å². The zero-order chi connectivity index (χ0) is 15.7. The minimum absolute atomic E-state index is 0.153. The largest absolute Gasteiger partial charge is 0.377 e. The number of aliphatic imine (C=N–C) groups is 1. The van der Waals surface area contributed by atoms with Crippen LogP contribution in [0.1, 0.15) is 37.4 Å². The molecule has 2 aliphatic rings. The Bertz CT molecular complexity index is 554. The summed E-state index contributed by atoms with van der Waals surface area (Å²) in [6.07, 6.45) is 2.80. The van der Waals surface area contributed by atoms with Crippen LogP contribution in [0.4, 0.5) is 0 Å². The first kappa shape index (κ1) is 15.7. The Hall–Kier alpha value is -1.14. The van der Waals surface area contributed by atoms with Gasteiger partial charge in [0.1, 0.15) is 5.01 Å². The molecule has 0 amide bonds. The van der Waals surface area contributed by atoms with E-state index in [1.807, 2.05) is 14.0 Å². The first-order chi connectivity index (χ1) is 10.5. The Morgan fingerprint density at radius 1 is 1.55 bits per heavy atom. The van der Waals surface area contributed by atoms with Crippen LogP contribution in [-0.4, -0.2) is 36.7 Å². The van der Waals surface area contributed by atoms with Crippen molar-refractivity contribution in [3.63, 3.8) is 0 Å². The van der Waals surface area contributed by atoms with Crippen LogP contribution in [0, 0.1) is 18.3 Å². The maximum atomic E-state index is 5.96. The van der Waals surface area contributed by atoms with Gasteiger partial charge < -0.3 is 15.4 Å². The van der Waals surface area contributed by atoms with E-state index in [4.69, 9.17) is 4.74 Å². The van der Waals surface area contributed by atoms with Crippen LogP contribution in [0.15, 0.2) is 10.4 Å². The van der Waals surface area contributed by atoms with Gasteiger partial charge in [-0.2, -0.15) is 0 Å². The highest BCUT2D eigenvalue weighted by Crippen LogP contribution is 2.51. The lowest BCUT2D eigenvalue weighted by Crippen LogP contribution is -2.70. The second-order valence-corrected chi connectivity index (χ2v) is 7.79. The van der Waals surface area contributed by atoms with E-state index in [0.29, 0.717) is 18.1 Å². The molecule has 1 aromatic heterocycles. The summed E-state index contributed by atoms with van der Waals surface area (Å²) >= 11 is 1.68. The van der Waals surface area contributed by atoms with Crippen molar-refractivity contribution < 1.29 is 4.74 Å². The normalized spacial score (nSPS) is 30.4. The number of hydrogen-bond acceptors (Lipinski definition) is 4. The lowest BCUT2D eigenvalue weighted by molar-refractivity contribution is -0.188. The number of nitrogens with zero attached hydrogens (tertiary/aromatic N) is 2. The molecule has 0 bridgehead atoms. The zero-order valence-electron chi connectivity index (χ0n) is 13.8. The summed E-state index contributed by atoms with van der Waals surface area (Å²) in [4.78, 5) is 8.84. The first-order valence-corrected chi connectivity index (χ1v) is 8.90. The average molecular weight is 322 g/mol. The van der Waals surface area contributed by atoms with E-state index in [9.17, 15) is 0 Å². The van der Waals surface area contributed by atoms with E-state index in [1.165, 1.54) is 12.8 Å². The van der Waals surface area contributed by atoms with E-state index in [0.717, 1.165) is 29.8 Å². The van der Waals surface area contributed by atoms with Crippen LogP contribution in [0.3, 0.4) is 0 Å². The number of hydrogen-bond donors (Lipinski definition) is 2. The van der Waals surface area contributed by atoms with Gasteiger partial charge in [-0.1, -0.05) is 13.8 Å². The van der Waals surface area contributed by atoms with Gasteiger partial charge in [0.25, 0.3) is 0 Å². The van der Waals surface area contributed by atoms with Crippen LogP contribution in [0.25, 0.3) is 0 Å². The summed E-state index contributed by atoms with van der Waals surface area (Å²) in [5, 5.41) is 10.1. The number of rotatable bonds is 3. The molecule has 0 spiro atoms. The summed E-state index contributed by atoms with van der Waals surface area (Å²) in [6.45, 7) is 8.22. The van der Waals surface area contributed by atoms with E-state index < -0.39 is 0 Å². The molecule has 22 heavy (non-hydrogen) atoms. The van der Waals surface area contributed by atoms with Gasteiger partial charge in [0.15, 0.2) is 5.96 Å². The van der Waals surface area contributed by atoms with Crippen LogP contribution in [0.2, 0.25) is 0 Å². The number of thiazole rings is 1. The summed E-state index contributed by atoms with van der Waals surface area (Å²) in [7, 11) is 1.82. The van der Waals surface area contributed by atoms with Gasteiger partial charge in [-0.05, 0) is 19.8 Å². The molecule has 1 aliphatic heterocycles. The van der Waals surface area contributed by atoms with E-state index in [2.05, 4.69) is 39.8 Å². The number of aryl methyl sites for hydroxylation is 1. The Morgan fingerprint density at radius 2 is 2.36 bits per heavy atom. The van der Waals surface area contributed by atoms with Gasteiger partial charge >= 0.3 is 0 Å². The smallest absolute Gasteiger partial charge is 0.191 e. The van der Waals surface area contributed by atoms with Crippen molar-refractivity contribution in [1.82, 2.24) is 15.6 Å². The fourth-order valence-corrected chi connectivity index (χ4v) is 4.51. The molecule has 5 nitrogen and oxygen atoms in total. The molecule has 1 aliphatic carbocycles. The van der Waals surface area contributed by atoms with Crippen molar-refractivity contribution >= 4 is 17.3 Å². The number of fused-ring (bicyclic) bond motifs is 1. The van der Waals surface area contributed by atoms with Crippen LogP contribution >= 0.6 is 11.3 Å². The molecule has 1 saturated heterocycles. The minimum atomic E-state index is 0.153. The SMILES string of the molecule is CN=C(NCc1nc(C)cs1)NC1C2CCCOC2C1(C)C. The molecule has 2 N–H and O–H groups in total. The van der Waals surface area contributed by atoms with Gasteiger partial charge in [-0.25, -0.2) is 4.98 Å². The number of aromatic nitrogens is 1. The van der Waals surface area contributed by atoms with Crippen molar-refractivity contribution in [3.05, 3.63) is 16.1 Å². The summed E-state index contributed by atoms with van der Waals surface area (Å²) in [5.74, 6) is 1.46. The molecule has 3 atom stereocenters. The monoisotopic (exact) mass is 322 g/mol. The van der Waals surface area contributed by atoms with E-state index >= 15 is 0 Å². The predicted molar refractivity (Wildman–Crippen MR) is 90.2 cm³/mol. The third-order valence-corrected chi connectivity index (χ3v) is 5.89. The molecule has 3 unspecified atom stereocenters. The third-order valence-electron chi connectivity index (χ3n) is 4.92. The summed E-state index contributed by atoms with van der Waals surface area (Å²) in [5.41, 5.74) is 1.23. The predicted octanol–water partition coefficient (Wildman–Crippen LogP) is 2.32. The lowest BCUT2D eigenvalue weighted by atomic mass is 9.55. The highest BCUT2D eigenvalue weighted by atomic mass is 32.1. The summed E-state index contributed by atoms with van der Waals surface area (Å²) in [6, 6.07) is 0.419. The molecular weight excluding hydrogens is 296 g/mol. The maximum Gasteiger partial charge on any atom is 0.191 e. The number of ether oxygens (including phenoxy) is 1. The molecule has 2 fully saturated rings. The molecular formula is C16H26N4OS. The Balaban J connectivity index is 1.58. The Labute approximate surface area is 136 Å². The van der Waals surface area contributed by atoms with Crippen molar-refractivity contribution in [2.45, 2.75) is 52.3 Å². The van der Waals surface area contributed by atoms with E-state index in [1.54, 1.807) is 11.3 Å². The highest BCUT2D eigenvalue weighted by molar-refractivity contribution is 7.09. The van der Waals surface area contributed by atoms with Gasteiger partial charge in [0, 0.05) is 42.1 Å².